The van der Waals surface area contributed by atoms with Crippen LogP contribution in [0.5, 0.6) is 0 Å². The van der Waals surface area contributed by atoms with Crippen LogP contribution >= 0.6 is 0 Å². The molecule has 5 aromatic rings. The number of rotatable bonds is 7. The smallest absolute Gasteiger partial charge is 0.257 e. The van der Waals surface area contributed by atoms with Gasteiger partial charge in [0.1, 0.15) is 16.9 Å². The molecule has 0 radical (unpaired) electrons. The fourth-order valence-electron chi connectivity index (χ4n) is 3.88. The minimum atomic E-state index is -0.284. The van der Waals surface area contributed by atoms with Crippen molar-refractivity contribution >= 4 is 40.1 Å². The average Bonchev–Trinajstić information content (AvgIpc) is 3.15. The van der Waals surface area contributed by atoms with Crippen molar-refractivity contribution in [3.05, 3.63) is 102 Å². The topological polar surface area (TPSA) is 98.2 Å². The summed E-state index contributed by atoms with van der Waals surface area (Å²) in [5.41, 5.74) is 11.2. The molecule has 5 rings (SSSR count). The lowest BCUT2D eigenvalue weighted by Crippen LogP contribution is -2.25. The molecule has 2 aromatic heterocycles. The normalized spacial score (nSPS) is 11.4. The summed E-state index contributed by atoms with van der Waals surface area (Å²) in [6, 6.07) is 27.4. The Hall–Kier alpha value is -4.52. The number of fused-ring (bicyclic) bond motifs is 2. The first-order valence-corrected chi connectivity index (χ1v) is 11.2. The Balaban J connectivity index is 1.47. The van der Waals surface area contributed by atoms with E-state index >= 15 is 0 Å². The number of nitrogens with zero attached hydrogens (tertiary/aromatic N) is 4. The number of aromatic nitrogens is 3. The zero-order valence-corrected chi connectivity index (χ0v) is 18.6. The molecule has 3 aromatic carbocycles. The van der Waals surface area contributed by atoms with E-state index in [1.807, 2.05) is 72.8 Å². The van der Waals surface area contributed by atoms with Gasteiger partial charge in [0.15, 0.2) is 5.65 Å². The van der Waals surface area contributed by atoms with Crippen molar-refractivity contribution in [2.24, 2.45) is 5.10 Å². The van der Waals surface area contributed by atoms with Gasteiger partial charge in [0.05, 0.1) is 17.2 Å². The maximum Gasteiger partial charge on any atom is 0.257 e. The van der Waals surface area contributed by atoms with E-state index in [4.69, 9.17) is 15.7 Å². The average molecular weight is 449 g/mol. The van der Waals surface area contributed by atoms with Gasteiger partial charge < -0.3 is 11.1 Å². The monoisotopic (exact) mass is 448 g/mol. The van der Waals surface area contributed by atoms with Gasteiger partial charge in [-0.15, -0.1) is 0 Å². The highest BCUT2D eigenvalue weighted by Gasteiger charge is 2.23. The van der Waals surface area contributed by atoms with Gasteiger partial charge in [-0.3, -0.25) is 4.79 Å². The summed E-state index contributed by atoms with van der Waals surface area (Å²) in [5.74, 6) is -0.0770. The van der Waals surface area contributed by atoms with Crippen LogP contribution in [0.25, 0.3) is 22.2 Å². The van der Waals surface area contributed by atoms with E-state index < -0.39 is 0 Å². The Kier molecular flexibility index (Phi) is 5.99. The molecule has 0 fully saturated rings. The second-order valence-corrected chi connectivity index (χ2v) is 7.96. The third-order valence-electron chi connectivity index (χ3n) is 5.59. The summed E-state index contributed by atoms with van der Waals surface area (Å²) < 4.78 is 1.49. The van der Waals surface area contributed by atoms with Gasteiger partial charge >= 0.3 is 0 Å². The molecule has 2 heterocycles. The van der Waals surface area contributed by atoms with Gasteiger partial charge in [-0.05, 0) is 36.1 Å². The van der Waals surface area contributed by atoms with Crippen molar-refractivity contribution < 1.29 is 4.79 Å². The molecular formula is C27H24N6O. The van der Waals surface area contributed by atoms with Crippen molar-refractivity contribution in [1.29, 1.82) is 0 Å². The summed E-state index contributed by atoms with van der Waals surface area (Å²) in [7, 11) is 0. The molecule has 0 spiro atoms. The Morgan fingerprint density at radius 1 is 0.912 bits per heavy atom. The van der Waals surface area contributed by atoms with Crippen LogP contribution in [-0.4, -0.2) is 33.3 Å². The van der Waals surface area contributed by atoms with E-state index in [0.29, 0.717) is 28.7 Å². The quantitative estimate of drug-likeness (QED) is 0.285. The first-order valence-electron chi connectivity index (χ1n) is 11.2. The van der Waals surface area contributed by atoms with Crippen molar-refractivity contribution in [2.45, 2.75) is 12.8 Å². The first-order chi connectivity index (χ1) is 16.7. The van der Waals surface area contributed by atoms with Crippen molar-refractivity contribution in [3.63, 3.8) is 0 Å². The van der Waals surface area contributed by atoms with E-state index in [9.17, 15) is 4.79 Å². The highest BCUT2D eigenvalue weighted by atomic mass is 16.1. The highest BCUT2D eigenvalue weighted by molar-refractivity contribution is 6.10. The first kappa shape index (κ1) is 21.3. The summed E-state index contributed by atoms with van der Waals surface area (Å²) in [6.45, 7) is 0.522. The van der Waals surface area contributed by atoms with Crippen molar-refractivity contribution in [2.75, 3.05) is 12.3 Å². The van der Waals surface area contributed by atoms with Gasteiger partial charge in [-0.2, -0.15) is 9.78 Å². The summed E-state index contributed by atoms with van der Waals surface area (Å²) >= 11 is 0. The molecule has 7 heteroatoms. The molecule has 0 aliphatic heterocycles. The highest BCUT2D eigenvalue weighted by Crippen LogP contribution is 2.27. The second-order valence-electron chi connectivity index (χ2n) is 7.96. The lowest BCUT2D eigenvalue weighted by Gasteiger charge is -2.06. The van der Waals surface area contributed by atoms with E-state index in [0.717, 1.165) is 18.4 Å². The number of carbonyl (C=O) groups excluding carboxylic acids is 1. The molecule has 0 saturated heterocycles. The molecule has 3 N–H and O–H groups in total. The molecule has 7 nitrogen and oxygen atoms in total. The van der Waals surface area contributed by atoms with E-state index in [1.165, 1.54) is 10.2 Å². The second kappa shape index (κ2) is 9.54. The number of nitrogens with one attached hydrogen (secondary N) is 1. The number of anilines is 1. The molecule has 34 heavy (non-hydrogen) atoms. The number of hydrogen-bond acceptors (Lipinski definition) is 5. The number of benzene rings is 3. The Morgan fingerprint density at radius 3 is 2.29 bits per heavy atom. The fraction of sp³-hybridized carbons (Fsp3) is 0.111. The van der Waals surface area contributed by atoms with Crippen LogP contribution < -0.4 is 11.1 Å². The third-order valence-corrected chi connectivity index (χ3v) is 5.59. The lowest BCUT2D eigenvalue weighted by atomic mass is 10.1. The zero-order valence-electron chi connectivity index (χ0n) is 18.6. The number of para-hydroxylation sites is 2. The van der Waals surface area contributed by atoms with Crippen LogP contribution in [0, 0.1) is 0 Å². The van der Waals surface area contributed by atoms with Gasteiger partial charge in [0, 0.05) is 6.54 Å². The van der Waals surface area contributed by atoms with Crippen molar-refractivity contribution in [1.82, 2.24) is 20.0 Å². The SMILES string of the molecule is Nc1c(C(=O)NCCCc2ccccc2)c2nc3ccccc3nc2n1/N=C\c1ccccc1. The summed E-state index contributed by atoms with van der Waals surface area (Å²) in [5, 5.41) is 7.52. The Morgan fingerprint density at radius 2 is 1.56 bits per heavy atom. The van der Waals surface area contributed by atoms with Crippen LogP contribution in [0.4, 0.5) is 5.82 Å². The van der Waals surface area contributed by atoms with E-state index in [2.05, 4.69) is 22.6 Å². The number of amides is 1. The van der Waals surface area contributed by atoms with Crippen LogP contribution in [0.2, 0.25) is 0 Å². The van der Waals surface area contributed by atoms with E-state index in [-0.39, 0.29) is 17.3 Å². The Bertz CT molecular complexity index is 1480. The minimum Gasteiger partial charge on any atom is -0.383 e. The van der Waals surface area contributed by atoms with Crippen molar-refractivity contribution in [3.8, 4) is 0 Å². The van der Waals surface area contributed by atoms with Crippen LogP contribution in [-0.2, 0) is 6.42 Å². The van der Waals surface area contributed by atoms with Gasteiger partial charge in [-0.25, -0.2) is 9.97 Å². The van der Waals surface area contributed by atoms with Crippen LogP contribution in [0.1, 0.15) is 27.9 Å². The number of nitrogens with two attached hydrogens (primary N) is 1. The molecule has 0 atom stereocenters. The van der Waals surface area contributed by atoms with Gasteiger partial charge in [0.2, 0.25) is 0 Å². The Labute approximate surface area is 197 Å². The number of hydrogen-bond donors (Lipinski definition) is 2. The number of aryl methyl sites for hydroxylation is 1. The summed E-state index contributed by atoms with van der Waals surface area (Å²) in [6.07, 6.45) is 3.38. The largest absolute Gasteiger partial charge is 0.383 e. The lowest BCUT2D eigenvalue weighted by molar-refractivity contribution is 0.0955. The number of carbonyl (C=O) groups is 1. The van der Waals surface area contributed by atoms with Gasteiger partial charge in [-0.1, -0.05) is 72.8 Å². The molecule has 0 saturated carbocycles. The molecule has 1 amide bonds. The maximum absolute atomic E-state index is 13.2. The molecule has 0 unspecified atom stereocenters. The van der Waals surface area contributed by atoms with Crippen LogP contribution in [0.3, 0.4) is 0 Å². The molecular weight excluding hydrogens is 424 g/mol. The predicted molar refractivity (Wildman–Crippen MR) is 136 cm³/mol. The maximum atomic E-state index is 13.2. The standard InChI is InChI=1S/C27H24N6O/c28-25-23(27(34)29-17-9-14-19-10-3-1-4-11-19)24-26(32-22-16-8-7-15-21(22)31-24)33(25)30-18-20-12-5-2-6-13-20/h1-8,10-13,15-16,18H,9,14,17,28H2,(H,29,34)/b30-18-. The fourth-order valence-corrected chi connectivity index (χ4v) is 3.88. The third kappa shape index (κ3) is 4.36. The predicted octanol–water partition coefficient (Wildman–Crippen LogP) is 4.41. The van der Waals surface area contributed by atoms with E-state index in [1.54, 1.807) is 6.21 Å². The minimum absolute atomic E-state index is 0.207. The number of nitrogen functional groups attached to an aromatic ring is 1. The summed E-state index contributed by atoms with van der Waals surface area (Å²) in [4.78, 5) is 22.6. The molecule has 0 aliphatic carbocycles. The van der Waals surface area contributed by atoms with Gasteiger partial charge in [0.25, 0.3) is 5.91 Å². The van der Waals surface area contributed by atoms with Crippen LogP contribution in [0.15, 0.2) is 90.0 Å². The molecule has 168 valence electrons. The molecule has 0 aliphatic rings. The zero-order chi connectivity index (χ0) is 23.3. The molecule has 0 bridgehead atoms.